The van der Waals surface area contributed by atoms with E-state index in [1.165, 1.54) is 18.3 Å². The lowest BCUT2D eigenvalue weighted by Gasteiger charge is -2.13. The van der Waals surface area contributed by atoms with Crippen LogP contribution in [0.2, 0.25) is 5.02 Å². The molecule has 78 valence electrons. The predicted molar refractivity (Wildman–Crippen MR) is 45.0 cm³/mol. The molecule has 0 saturated heterocycles. The zero-order valence-electron chi connectivity index (χ0n) is 6.92. The molecule has 0 amide bonds. The van der Waals surface area contributed by atoms with Crippen molar-refractivity contribution >= 4 is 11.6 Å². The maximum Gasteiger partial charge on any atom is 0.414 e. The van der Waals surface area contributed by atoms with Gasteiger partial charge in [-0.25, -0.2) is 0 Å². The molecule has 1 atom stereocenters. The average Bonchev–Trinajstić information content (AvgIpc) is 2.02. The van der Waals surface area contributed by atoms with E-state index in [9.17, 15) is 13.2 Å². The number of hydrogen-bond acceptors (Lipinski definition) is 2. The fourth-order valence-corrected chi connectivity index (χ4v) is 1.06. The highest BCUT2D eigenvalue weighted by Crippen LogP contribution is 2.22. The van der Waals surface area contributed by atoms with Crippen molar-refractivity contribution in [2.45, 2.75) is 18.7 Å². The normalized spacial score (nSPS) is 14.1. The number of aliphatic hydroxyl groups is 1. The Hall–Kier alpha value is -0.810. The van der Waals surface area contributed by atoms with Crippen molar-refractivity contribution in [2.24, 2.45) is 0 Å². The van der Waals surface area contributed by atoms with Gasteiger partial charge in [-0.05, 0) is 12.1 Å². The quantitative estimate of drug-likeness (QED) is 0.837. The number of nitrogens with zero attached hydrogens (tertiary/aromatic N) is 1. The monoisotopic (exact) mass is 225 g/mol. The Morgan fingerprint density at radius 1 is 1.50 bits per heavy atom. The molecule has 0 aliphatic rings. The Morgan fingerprint density at radius 3 is 2.64 bits per heavy atom. The Kier molecular flexibility index (Phi) is 3.34. The molecular formula is C8H7ClF3NO. The molecule has 1 unspecified atom stereocenters. The highest BCUT2D eigenvalue weighted by Gasteiger charge is 2.38. The summed E-state index contributed by atoms with van der Waals surface area (Å²) < 4.78 is 35.8. The lowest BCUT2D eigenvalue weighted by molar-refractivity contribution is -0.203. The standard InChI is InChI=1S/C8H7ClF3NO/c9-5-1-2-13-6(3-5)4-7(14)8(10,11)12/h1-3,7,14H,4H2. The maximum atomic E-state index is 11.9. The molecule has 0 saturated carbocycles. The Balaban J connectivity index is 2.70. The fraction of sp³-hybridized carbons (Fsp3) is 0.375. The van der Waals surface area contributed by atoms with Crippen LogP contribution in [-0.2, 0) is 6.42 Å². The van der Waals surface area contributed by atoms with Gasteiger partial charge in [-0.15, -0.1) is 0 Å². The third-order valence-electron chi connectivity index (χ3n) is 1.56. The van der Waals surface area contributed by atoms with Gasteiger partial charge in [0.2, 0.25) is 0 Å². The van der Waals surface area contributed by atoms with Crippen LogP contribution in [-0.4, -0.2) is 22.4 Å². The highest BCUT2D eigenvalue weighted by atomic mass is 35.5. The molecule has 0 radical (unpaired) electrons. The first-order chi connectivity index (χ1) is 6.39. The number of aliphatic hydroxyl groups excluding tert-OH is 1. The topological polar surface area (TPSA) is 33.1 Å². The van der Waals surface area contributed by atoms with Gasteiger partial charge in [0.25, 0.3) is 0 Å². The Bertz CT molecular complexity index is 316. The molecule has 0 fully saturated rings. The van der Waals surface area contributed by atoms with Gasteiger partial charge in [0.05, 0.1) is 0 Å². The van der Waals surface area contributed by atoms with Crippen LogP contribution in [0.3, 0.4) is 0 Å². The largest absolute Gasteiger partial charge is 0.414 e. The molecule has 1 aromatic heterocycles. The van der Waals surface area contributed by atoms with E-state index in [-0.39, 0.29) is 5.69 Å². The van der Waals surface area contributed by atoms with Crippen molar-refractivity contribution in [3.8, 4) is 0 Å². The lowest BCUT2D eigenvalue weighted by Crippen LogP contribution is -2.30. The minimum atomic E-state index is -4.62. The summed E-state index contributed by atoms with van der Waals surface area (Å²) in [6.45, 7) is 0. The van der Waals surface area contributed by atoms with Crippen LogP contribution in [0.4, 0.5) is 13.2 Å². The second kappa shape index (κ2) is 4.14. The minimum Gasteiger partial charge on any atom is -0.383 e. The van der Waals surface area contributed by atoms with Crippen molar-refractivity contribution in [1.29, 1.82) is 0 Å². The second-order valence-electron chi connectivity index (χ2n) is 2.73. The number of halogens is 4. The van der Waals surface area contributed by atoms with Crippen molar-refractivity contribution < 1.29 is 18.3 Å². The molecule has 1 heterocycles. The van der Waals surface area contributed by atoms with Gasteiger partial charge in [0, 0.05) is 23.3 Å². The first kappa shape index (κ1) is 11.3. The van der Waals surface area contributed by atoms with Crippen molar-refractivity contribution in [3.05, 3.63) is 29.0 Å². The summed E-state index contributed by atoms with van der Waals surface area (Å²) in [5, 5.41) is 9.02. The molecule has 0 aromatic carbocycles. The summed E-state index contributed by atoms with van der Waals surface area (Å²) in [7, 11) is 0. The zero-order valence-corrected chi connectivity index (χ0v) is 7.68. The zero-order chi connectivity index (χ0) is 10.8. The van der Waals surface area contributed by atoms with E-state index < -0.39 is 18.7 Å². The van der Waals surface area contributed by atoms with Crippen molar-refractivity contribution in [1.82, 2.24) is 4.98 Å². The molecule has 1 rings (SSSR count). The summed E-state index contributed by atoms with van der Waals surface area (Å²) in [4.78, 5) is 3.65. The summed E-state index contributed by atoms with van der Waals surface area (Å²) >= 11 is 5.54. The minimum absolute atomic E-state index is 0.113. The fourth-order valence-electron chi connectivity index (χ4n) is 0.874. The van der Waals surface area contributed by atoms with Gasteiger partial charge in [-0.3, -0.25) is 4.98 Å². The Labute approximate surface area is 83.3 Å². The van der Waals surface area contributed by atoms with E-state index in [4.69, 9.17) is 16.7 Å². The summed E-state index contributed by atoms with van der Waals surface area (Å²) in [6.07, 6.45) is -6.30. The molecule has 0 bridgehead atoms. The van der Waals surface area contributed by atoms with E-state index in [0.717, 1.165) is 0 Å². The molecule has 0 aliphatic carbocycles. The Morgan fingerprint density at radius 2 is 2.14 bits per heavy atom. The van der Waals surface area contributed by atoms with Crippen LogP contribution in [0.5, 0.6) is 0 Å². The summed E-state index contributed by atoms with van der Waals surface area (Å²) in [5.41, 5.74) is 0.113. The van der Waals surface area contributed by atoms with E-state index in [1.54, 1.807) is 0 Å². The SMILES string of the molecule is OC(Cc1cc(Cl)ccn1)C(F)(F)F. The number of aromatic nitrogens is 1. The van der Waals surface area contributed by atoms with E-state index >= 15 is 0 Å². The molecule has 1 aromatic rings. The van der Waals surface area contributed by atoms with Gasteiger partial charge < -0.3 is 5.11 Å². The molecule has 14 heavy (non-hydrogen) atoms. The molecule has 0 aliphatic heterocycles. The van der Waals surface area contributed by atoms with E-state index in [0.29, 0.717) is 5.02 Å². The number of rotatable bonds is 2. The van der Waals surface area contributed by atoms with Gasteiger partial charge in [-0.2, -0.15) is 13.2 Å². The predicted octanol–water partition coefficient (Wildman–Crippen LogP) is 2.20. The van der Waals surface area contributed by atoms with Crippen molar-refractivity contribution in [2.75, 3.05) is 0 Å². The highest BCUT2D eigenvalue weighted by molar-refractivity contribution is 6.30. The third-order valence-corrected chi connectivity index (χ3v) is 1.79. The average molecular weight is 226 g/mol. The van der Waals surface area contributed by atoms with Crippen molar-refractivity contribution in [3.63, 3.8) is 0 Å². The number of alkyl halides is 3. The first-order valence-electron chi connectivity index (χ1n) is 3.75. The molecule has 0 spiro atoms. The number of hydrogen-bond donors (Lipinski definition) is 1. The molecular weight excluding hydrogens is 219 g/mol. The molecule has 1 N–H and O–H groups in total. The van der Waals surface area contributed by atoms with Gasteiger partial charge in [-0.1, -0.05) is 11.6 Å². The summed E-state index contributed by atoms with van der Waals surface area (Å²) in [6, 6.07) is 2.74. The van der Waals surface area contributed by atoms with Crippen LogP contribution in [0.1, 0.15) is 5.69 Å². The molecule has 2 nitrogen and oxygen atoms in total. The van der Waals surface area contributed by atoms with Gasteiger partial charge >= 0.3 is 6.18 Å². The van der Waals surface area contributed by atoms with Crippen LogP contribution in [0.25, 0.3) is 0 Å². The van der Waals surface area contributed by atoms with Crippen LogP contribution < -0.4 is 0 Å². The van der Waals surface area contributed by atoms with E-state index in [2.05, 4.69) is 4.98 Å². The van der Waals surface area contributed by atoms with Crippen LogP contribution >= 0.6 is 11.6 Å². The van der Waals surface area contributed by atoms with Crippen LogP contribution in [0, 0.1) is 0 Å². The van der Waals surface area contributed by atoms with Crippen LogP contribution in [0.15, 0.2) is 18.3 Å². The van der Waals surface area contributed by atoms with Gasteiger partial charge in [0.1, 0.15) is 0 Å². The molecule has 6 heteroatoms. The maximum absolute atomic E-state index is 11.9. The van der Waals surface area contributed by atoms with Gasteiger partial charge in [0.15, 0.2) is 6.10 Å². The third kappa shape index (κ3) is 3.16. The smallest absolute Gasteiger partial charge is 0.383 e. The lowest BCUT2D eigenvalue weighted by atomic mass is 10.2. The van der Waals surface area contributed by atoms with E-state index in [1.807, 2.05) is 0 Å². The number of pyridine rings is 1. The second-order valence-corrected chi connectivity index (χ2v) is 3.16. The first-order valence-corrected chi connectivity index (χ1v) is 4.12. The summed E-state index contributed by atoms with van der Waals surface area (Å²) in [5.74, 6) is 0.